The fourth-order valence-corrected chi connectivity index (χ4v) is 3.56. The molecule has 0 aromatic heterocycles. The average molecular weight is 423 g/mol. The zero-order valence-corrected chi connectivity index (χ0v) is 18.3. The van der Waals surface area contributed by atoms with E-state index >= 15 is 0 Å². The van der Waals surface area contributed by atoms with Gasteiger partial charge in [0.2, 0.25) is 11.8 Å². The zero-order chi connectivity index (χ0) is 22.1. The second-order valence-corrected chi connectivity index (χ2v) is 7.37. The fraction of sp³-hybridized carbons (Fsp3) is 0.360. The number of hydrogen-bond donors (Lipinski definition) is 0. The van der Waals surface area contributed by atoms with Crippen LogP contribution in [0.4, 0.5) is 0 Å². The van der Waals surface area contributed by atoms with Gasteiger partial charge in [-0.05, 0) is 42.7 Å². The van der Waals surface area contributed by atoms with E-state index in [1.54, 1.807) is 18.1 Å². The van der Waals surface area contributed by atoms with Gasteiger partial charge in [-0.2, -0.15) is 0 Å². The predicted octanol–water partition coefficient (Wildman–Crippen LogP) is 3.41. The van der Waals surface area contributed by atoms with E-state index in [0.717, 1.165) is 11.1 Å². The highest BCUT2D eigenvalue weighted by Gasteiger charge is 2.23. The van der Waals surface area contributed by atoms with Crippen molar-refractivity contribution in [3.63, 3.8) is 0 Å². The van der Waals surface area contributed by atoms with E-state index in [9.17, 15) is 9.59 Å². The number of benzene rings is 2. The van der Waals surface area contributed by atoms with Crippen molar-refractivity contribution < 1.29 is 19.1 Å². The summed E-state index contributed by atoms with van der Waals surface area (Å²) in [5.41, 5.74) is 2.03. The quantitative estimate of drug-likeness (QED) is 0.612. The van der Waals surface area contributed by atoms with Crippen LogP contribution in [0, 0.1) is 0 Å². The van der Waals surface area contributed by atoms with Crippen molar-refractivity contribution in [1.29, 1.82) is 0 Å². The first kappa shape index (κ1) is 22.4. The van der Waals surface area contributed by atoms with Gasteiger partial charge < -0.3 is 19.3 Å². The molecule has 2 aromatic carbocycles. The van der Waals surface area contributed by atoms with Gasteiger partial charge in [0.1, 0.15) is 0 Å². The van der Waals surface area contributed by atoms with Gasteiger partial charge in [0.05, 0.1) is 13.7 Å². The van der Waals surface area contributed by atoms with Gasteiger partial charge in [0.25, 0.3) is 0 Å². The SMILES string of the molecule is CCOc1ccc(CCC(=O)N2CCN(C(=O)/C=C/c3ccccc3)CC2)cc1OC. The first-order valence-corrected chi connectivity index (χ1v) is 10.7. The highest BCUT2D eigenvalue weighted by molar-refractivity contribution is 5.92. The minimum absolute atomic E-state index is 0.0163. The van der Waals surface area contributed by atoms with Crippen molar-refractivity contribution in [2.45, 2.75) is 19.8 Å². The molecule has 0 N–H and O–H groups in total. The largest absolute Gasteiger partial charge is 0.493 e. The molecular weight excluding hydrogens is 392 g/mol. The molecule has 1 aliphatic rings. The molecule has 0 unspecified atom stereocenters. The highest BCUT2D eigenvalue weighted by atomic mass is 16.5. The van der Waals surface area contributed by atoms with Gasteiger partial charge >= 0.3 is 0 Å². The van der Waals surface area contributed by atoms with E-state index in [4.69, 9.17) is 9.47 Å². The van der Waals surface area contributed by atoms with Crippen molar-refractivity contribution in [2.75, 3.05) is 39.9 Å². The number of carbonyl (C=O) groups is 2. The molecule has 1 saturated heterocycles. The minimum Gasteiger partial charge on any atom is -0.493 e. The third-order valence-corrected chi connectivity index (χ3v) is 5.32. The molecule has 1 heterocycles. The molecule has 0 bridgehead atoms. The van der Waals surface area contributed by atoms with E-state index in [2.05, 4.69) is 0 Å². The maximum Gasteiger partial charge on any atom is 0.246 e. The van der Waals surface area contributed by atoms with Crippen LogP contribution in [0.1, 0.15) is 24.5 Å². The van der Waals surface area contributed by atoms with Gasteiger partial charge in [-0.15, -0.1) is 0 Å². The van der Waals surface area contributed by atoms with E-state index < -0.39 is 0 Å². The second kappa shape index (κ2) is 11.2. The summed E-state index contributed by atoms with van der Waals surface area (Å²) in [6.45, 7) is 4.75. The molecule has 0 aliphatic carbocycles. The van der Waals surface area contributed by atoms with Crippen LogP contribution in [0.3, 0.4) is 0 Å². The van der Waals surface area contributed by atoms with Crippen molar-refractivity contribution in [3.05, 3.63) is 65.7 Å². The normalized spacial score (nSPS) is 14.0. The standard InChI is InChI=1S/C25H30N2O4/c1-3-31-22-12-9-21(19-23(22)30-2)11-14-25(29)27-17-15-26(16-18-27)24(28)13-10-20-7-5-4-6-8-20/h4-10,12-13,19H,3,11,14-18H2,1-2H3/b13-10+. The lowest BCUT2D eigenvalue weighted by atomic mass is 10.1. The van der Waals surface area contributed by atoms with Crippen LogP contribution < -0.4 is 9.47 Å². The predicted molar refractivity (Wildman–Crippen MR) is 121 cm³/mol. The molecule has 3 rings (SSSR count). The van der Waals surface area contributed by atoms with Gasteiger partial charge in [-0.1, -0.05) is 36.4 Å². The van der Waals surface area contributed by atoms with Crippen LogP contribution in [0.15, 0.2) is 54.6 Å². The van der Waals surface area contributed by atoms with Crippen molar-refractivity contribution >= 4 is 17.9 Å². The van der Waals surface area contributed by atoms with Gasteiger partial charge in [-0.3, -0.25) is 9.59 Å². The van der Waals surface area contributed by atoms with Gasteiger partial charge in [0.15, 0.2) is 11.5 Å². The Labute approximate surface area is 184 Å². The average Bonchev–Trinajstić information content (AvgIpc) is 2.82. The molecule has 0 spiro atoms. The number of piperazine rings is 1. The van der Waals surface area contributed by atoms with Crippen LogP contribution in [-0.4, -0.2) is 61.5 Å². The number of carbonyl (C=O) groups excluding carboxylic acids is 2. The number of aryl methyl sites for hydroxylation is 1. The van der Waals surface area contributed by atoms with E-state index in [1.165, 1.54) is 0 Å². The van der Waals surface area contributed by atoms with Crippen LogP contribution in [0.25, 0.3) is 6.08 Å². The first-order valence-electron chi connectivity index (χ1n) is 10.7. The summed E-state index contributed by atoms with van der Waals surface area (Å²) in [6, 6.07) is 15.5. The third-order valence-electron chi connectivity index (χ3n) is 5.32. The Kier molecular flexibility index (Phi) is 8.10. The third kappa shape index (κ3) is 6.35. The fourth-order valence-electron chi connectivity index (χ4n) is 3.56. The molecule has 0 atom stereocenters. The summed E-state index contributed by atoms with van der Waals surface area (Å²) >= 11 is 0. The number of nitrogens with zero attached hydrogens (tertiary/aromatic N) is 2. The number of hydrogen-bond acceptors (Lipinski definition) is 4. The Morgan fingerprint density at radius 3 is 2.35 bits per heavy atom. The molecule has 0 saturated carbocycles. The van der Waals surface area contributed by atoms with Crippen molar-refractivity contribution in [3.8, 4) is 11.5 Å². The number of rotatable bonds is 8. The highest BCUT2D eigenvalue weighted by Crippen LogP contribution is 2.28. The van der Waals surface area contributed by atoms with Gasteiger partial charge in [-0.25, -0.2) is 0 Å². The molecule has 6 nitrogen and oxygen atoms in total. The number of methoxy groups -OCH3 is 1. The Morgan fingerprint density at radius 1 is 0.968 bits per heavy atom. The molecule has 2 aromatic rings. The molecule has 31 heavy (non-hydrogen) atoms. The molecule has 2 amide bonds. The van der Waals surface area contributed by atoms with Gasteiger partial charge in [0, 0.05) is 38.7 Å². The molecule has 0 radical (unpaired) electrons. The summed E-state index contributed by atoms with van der Waals surface area (Å²) in [6.07, 6.45) is 4.50. The molecule has 1 fully saturated rings. The molecular formula is C25H30N2O4. The second-order valence-electron chi connectivity index (χ2n) is 7.37. The monoisotopic (exact) mass is 422 g/mol. The van der Waals surface area contributed by atoms with Crippen LogP contribution in [-0.2, 0) is 16.0 Å². The molecule has 6 heteroatoms. The van der Waals surface area contributed by atoms with E-state index in [-0.39, 0.29) is 11.8 Å². The van der Waals surface area contributed by atoms with Crippen molar-refractivity contribution in [1.82, 2.24) is 9.80 Å². The van der Waals surface area contributed by atoms with Crippen LogP contribution in [0.2, 0.25) is 0 Å². The summed E-state index contributed by atoms with van der Waals surface area (Å²) in [4.78, 5) is 28.7. The Hall–Kier alpha value is -3.28. The Balaban J connectivity index is 1.46. The van der Waals surface area contributed by atoms with E-state index in [0.29, 0.717) is 57.1 Å². The topological polar surface area (TPSA) is 59.1 Å². The van der Waals surface area contributed by atoms with E-state index in [1.807, 2.05) is 66.4 Å². The van der Waals surface area contributed by atoms with Crippen LogP contribution in [0.5, 0.6) is 11.5 Å². The first-order chi connectivity index (χ1) is 15.1. The zero-order valence-electron chi connectivity index (χ0n) is 18.3. The number of amides is 2. The maximum absolute atomic E-state index is 12.6. The Bertz CT molecular complexity index is 903. The van der Waals surface area contributed by atoms with Crippen LogP contribution >= 0.6 is 0 Å². The summed E-state index contributed by atoms with van der Waals surface area (Å²) in [5.74, 6) is 1.49. The van der Waals surface area contributed by atoms with Crippen molar-refractivity contribution in [2.24, 2.45) is 0 Å². The lowest BCUT2D eigenvalue weighted by Gasteiger charge is -2.34. The Morgan fingerprint density at radius 2 is 1.68 bits per heavy atom. The summed E-state index contributed by atoms with van der Waals surface area (Å²) in [7, 11) is 1.61. The maximum atomic E-state index is 12.6. The number of ether oxygens (including phenoxy) is 2. The summed E-state index contributed by atoms with van der Waals surface area (Å²) < 4.78 is 10.9. The lowest BCUT2D eigenvalue weighted by molar-refractivity contribution is -0.137. The minimum atomic E-state index is -0.0163. The molecule has 1 aliphatic heterocycles. The lowest BCUT2D eigenvalue weighted by Crippen LogP contribution is -2.50. The summed E-state index contributed by atoms with van der Waals surface area (Å²) in [5, 5.41) is 0. The smallest absolute Gasteiger partial charge is 0.246 e. The molecule has 164 valence electrons.